The third-order valence-electron chi connectivity index (χ3n) is 3.35. The Hall–Kier alpha value is -0.830. The summed E-state index contributed by atoms with van der Waals surface area (Å²) >= 11 is 9.60. The van der Waals surface area contributed by atoms with Crippen molar-refractivity contribution in [2.24, 2.45) is 0 Å². The average molecular weight is 353 g/mol. The van der Waals surface area contributed by atoms with Gasteiger partial charge in [0.25, 0.3) is 0 Å². The molecular formula is C17H19BrClN. The van der Waals surface area contributed by atoms with Gasteiger partial charge in [-0.05, 0) is 55.2 Å². The Labute approximate surface area is 134 Å². The van der Waals surface area contributed by atoms with Gasteiger partial charge in [-0.25, -0.2) is 0 Å². The van der Waals surface area contributed by atoms with Gasteiger partial charge in [0.05, 0.1) is 0 Å². The van der Waals surface area contributed by atoms with Crippen molar-refractivity contribution in [3.05, 3.63) is 68.7 Å². The largest absolute Gasteiger partial charge is 0.310 e. The van der Waals surface area contributed by atoms with Crippen molar-refractivity contribution in [2.75, 3.05) is 0 Å². The topological polar surface area (TPSA) is 12.0 Å². The van der Waals surface area contributed by atoms with Crippen molar-refractivity contribution in [1.82, 2.24) is 5.32 Å². The lowest BCUT2D eigenvalue weighted by molar-refractivity contribution is 0.545. The van der Waals surface area contributed by atoms with Gasteiger partial charge in [-0.2, -0.15) is 0 Å². The zero-order valence-corrected chi connectivity index (χ0v) is 14.1. The summed E-state index contributed by atoms with van der Waals surface area (Å²) in [5, 5.41) is 4.38. The highest BCUT2D eigenvalue weighted by atomic mass is 79.9. The number of hydrogen-bond acceptors (Lipinski definition) is 1. The fourth-order valence-electron chi connectivity index (χ4n) is 2.08. The third kappa shape index (κ3) is 4.62. The smallest absolute Gasteiger partial charge is 0.0438 e. The predicted octanol–water partition coefficient (Wildman–Crippen LogP) is 5.13. The normalized spacial score (nSPS) is 12.4. The predicted molar refractivity (Wildman–Crippen MR) is 90.3 cm³/mol. The monoisotopic (exact) mass is 351 g/mol. The molecule has 0 radical (unpaired) electrons. The number of halogens is 2. The molecule has 3 heteroatoms. The lowest BCUT2D eigenvalue weighted by Crippen LogP contribution is -2.27. The van der Waals surface area contributed by atoms with Crippen LogP contribution < -0.4 is 5.32 Å². The first kappa shape index (κ1) is 15.6. The van der Waals surface area contributed by atoms with Gasteiger partial charge in [0.1, 0.15) is 0 Å². The molecule has 0 aliphatic heterocycles. The lowest BCUT2D eigenvalue weighted by Gasteiger charge is -2.14. The zero-order valence-electron chi connectivity index (χ0n) is 11.8. The van der Waals surface area contributed by atoms with Gasteiger partial charge in [0, 0.05) is 22.1 Å². The van der Waals surface area contributed by atoms with Gasteiger partial charge in [-0.3, -0.25) is 0 Å². The van der Waals surface area contributed by atoms with Crippen LogP contribution in [0.25, 0.3) is 0 Å². The van der Waals surface area contributed by atoms with E-state index in [9.17, 15) is 0 Å². The average Bonchev–Trinajstić information content (AvgIpc) is 2.43. The van der Waals surface area contributed by atoms with Crippen LogP contribution in [0.3, 0.4) is 0 Å². The molecule has 0 aromatic heterocycles. The van der Waals surface area contributed by atoms with E-state index < -0.39 is 0 Å². The molecule has 1 atom stereocenters. The number of nitrogens with one attached hydrogen (secondary N) is 1. The molecule has 0 aliphatic rings. The summed E-state index contributed by atoms with van der Waals surface area (Å²) in [6, 6.07) is 15.1. The maximum atomic E-state index is 6.14. The fourth-order valence-corrected chi connectivity index (χ4v) is 2.55. The molecule has 0 fully saturated rings. The van der Waals surface area contributed by atoms with Crippen molar-refractivity contribution in [1.29, 1.82) is 0 Å². The number of hydrogen-bond donors (Lipinski definition) is 1. The Balaban J connectivity index is 1.86. The van der Waals surface area contributed by atoms with E-state index in [1.54, 1.807) is 0 Å². The minimum absolute atomic E-state index is 0.427. The first-order valence-corrected chi connectivity index (χ1v) is 7.94. The van der Waals surface area contributed by atoms with E-state index >= 15 is 0 Å². The van der Waals surface area contributed by atoms with Crippen molar-refractivity contribution >= 4 is 27.5 Å². The van der Waals surface area contributed by atoms with Crippen LogP contribution in [0.2, 0.25) is 5.02 Å². The van der Waals surface area contributed by atoms with Crippen LogP contribution in [-0.4, -0.2) is 6.04 Å². The van der Waals surface area contributed by atoms with E-state index in [1.165, 1.54) is 11.1 Å². The lowest BCUT2D eigenvalue weighted by atomic mass is 10.1. The Bertz CT molecular complexity index is 566. The second kappa shape index (κ2) is 7.26. The molecule has 0 aliphatic carbocycles. The molecule has 0 amide bonds. The van der Waals surface area contributed by atoms with Crippen LogP contribution in [0.1, 0.15) is 23.6 Å². The van der Waals surface area contributed by atoms with Crippen LogP contribution in [0, 0.1) is 6.92 Å². The Kier molecular flexibility index (Phi) is 5.64. The Morgan fingerprint density at radius 3 is 2.40 bits per heavy atom. The molecule has 0 heterocycles. The molecule has 2 rings (SSSR count). The highest BCUT2D eigenvalue weighted by molar-refractivity contribution is 9.10. The summed E-state index contributed by atoms with van der Waals surface area (Å²) in [6.07, 6.45) is 1.02. The number of rotatable bonds is 5. The molecule has 0 saturated carbocycles. The second-order valence-corrected chi connectivity index (χ2v) is 6.52. The molecule has 1 unspecified atom stereocenters. The minimum Gasteiger partial charge on any atom is -0.310 e. The molecule has 1 nitrogen and oxygen atoms in total. The molecule has 106 valence electrons. The van der Waals surface area contributed by atoms with Crippen LogP contribution in [0.4, 0.5) is 0 Å². The second-order valence-electron chi connectivity index (χ2n) is 5.20. The van der Waals surface area contributed by atoms with E-state index in [2.05, 4.69) is 64.6 Å². The molecular weight excluding hydrogens is 334 g/mol. The summed E-state index contributed by atoms with van der Waals surface area (Å²) in [5.41, 5.74) is 3.69. The molecule has 20 heavy (non-hydrogen) atoms. The fraction of sp³-hybridized carbons (Fsp3) is 0.294. The first-order chi connectivity index (χ1) is 9.54. The van der Waals surface area contributed by atoms with Gasteiger partial charge in [0.15, 0.2) is 0 Å². The molecule has 0 saturated heterocycles. The molecule has 2 aromatic carbocycles. The van der Waals surface area contributed by atoms with Crippen LogP contribution in [0.5, 0.6) is 0 Å². The van der Waals surface area contributed by atoms with Crippen LogP contribution in [0.15, 0.2) is 46.9 Å². The van der Waals surface area contributed by atoms with E-state index in [0.717, 1.165) is 28.0 Å². The van der Waals surface area contributed by atoms with Gasteiger partial charge in [-0.15, -0.1) is 0 Å². The van der Waals surface area contributed by atoms with Gasteiger partial charge in [-0.1, -0.05) is 51.8 Å². The van der Waals surface area contributed by atoms with E-state index in [0.29, 0.717) is 6.04 Å². The quantitative estimate of drug-likeness (QED) is 0.786. The zero-order chi connectivity index (χ0) is 14.5. The summed E-state index contributed by atoms with van der Waals surface area (Å²) in [4.78, 5) is 0. The van der Waals surface area contributed by atoms with Crippen molar-refractivity contribution in [3.63, 3.8) is 0 Å². The van der Waals surface area contributed by atoms with E-state index in [-0.39, 0.29) is 0 Å². The molecule has 0 bridgehead atoms. The van der Waals surface area contributed by atoms with E-state index in [4.69, 9.17) is 11.6 Å². The van der Waals surface area contributed by atoms with Gasteiger partial charge in [0.2, 0.25) is 0 Å². The maximum Gasteiger partial charge on any atom is 0.0438 e. The Morgan fingerprint density at radius 1 is 1.10 bits per heavy atom. The van der Waals surface area contributed by atoms with E-state index in [1.807, 2.05) is 13.0 Å². The van der Waals surface area contributed by atoms with Crippen molar-refractivity contribution in [2.45, 2.75) is 32.9 Å². The summed E-state index contributed by atoms with van der Waals surface area (Å²) in [5.74, 6) is 0. The first-order valence-electron chi connectivity index (χ1n) is 6.77. The summed E-state index contributed by atoms with van der Waals surface area (Å²) < 4.78 is 1.12. The molecule has 0 spiro atoms. The number of aryl methyl sites for hydroxylation is 1. The highest BCUT2D eigenvalue weighted by Crippen LogP contribution is 2.17. The number of benzene rings is 2. The highest BCUT2D eigenvalue weighted by Gasteiger charge is 2.04. The standard InChI is InChI=1S/C17H19BrClN/c1-12-3-4-15(10-17(12)19)11-20-13(2)9-14-5-7-16(18)8-6-14/h3-8,10,13,20H,9,11H2,1-2H3. The minimum atomic E-state index is 0.427. The van der Waals surface area contributed by atoms with Gasteiger partial charge >= 0.3 is 0 Å². The third-order valence-corrected chi connectivity index (χ3v) is 4.28. The van der Waals surface area contributed by atoms with Crippen molar-refractivity contribution in [3.8, 4) is 0 Å². The van der Waals surface area contributed by atoms with Crippen LogP contribution in [-0.2, 0) is 13.0 Å². The molecule has 1 N–H and O–H groups in total. The molecule has 2 aromatic rings. The summed E-state index contributed by atoms with van der Waals surface area (Å²) in [7, 11) is 0. The van der Waals surface area contributed by atoms with Crippen LogP contribution >= 0.6 is 27.5 Å². The van der Waals surface area contributed by atoms with Gasteiger partial charge < -0.3 is 5.32 Å². The maximum absolute atomic E-state index is 6.14. The van der Waals surface area contributed by atoms with Crippen molar-refractivity contribution < 1.29 is 0 Å². The summed E-state index contributed by atoms with van der Waals surface area (Å²) in [6.45, 7) is 5.07. The SMILES string of the molecule is Cc1ccc(CNC(C)Cc2ccc(Br)cc2)cc1Cl. The Morgan fingerprint density at radius 2 is 1.75 bits per heavy atom.